The molecule has 20 heavy (non-hydrogen) atoms. The summed E-state index contributed by atoms with van der Waals surface area (Å²) >= 11 is 0. The SMILES string of the molecule is O=C(c1cc(F)c(F)c(F)c1F)N1CCOC(CO)C1. The number of carbonyl (C=O) groups is 1. The molecule has 0 saturated carbocycles. The fourth-order valence-corrected chi connectivity index (χ4v) is 1.91. The molecular weight excluding hydrogens is 282 g/mol. The number of nitrogens with zero attached hydrogens (tertiary/aromatic N) is 1. The summed E-state index contributed by atoms with van der Waals surface area (Å²) in [5.41, 5.74) is -0.889. The minimum atomic E-state index is -2.03. The summed E-state index contributed by atoms with van der Waals surface area (Å²) in [7, 11) is 0. The Morgan fingerprint density at radius 1 is 1.30 bits per heavy atom. The molecule has 1 unspecified atom stereocenters. The minimum absolute atomic E-state index is 0.0462. The first-order valence-electron chi connectivity index (χ1n) is 5.80. The van der Waals surface area contributed by atoms with Gasteiger partial charge in [-0.2, -0.15) is 0 Å². The summed E-state index contributed by atoms with van der Waals surface area (Å²) in [6, 6.07) is 0.319. The molecule has 2 rings (SSSR count). The number of carbonyl (C=O) groups excluding carboxylic acids is 1. The van der Waals surface area contributed by atoms with E-state index in [2.05, 4.69) is 0 Å². The maximum atomic E-state index is 13.5. The second-order valence-electron chi connectivity index (χ2n) is 4.27. The topological polar surface area (TPSA) is 49.8 Å². The van der Waals surface area contributed by atoms with Crippen molar-refractivity contribution in [2.24, 2.45) is 0 Å². The third kappa shape index (κ3) is 2.61. The van der Waals surface area contributed by atoms with E-state index < -0.39 is 40.8 Å². The lowest BCUT2D eigenvalue weighted by atomic mass is 10.1. The van der Waals surface area contributed by atoms with Gasteiger partial charge in [0.1, 0.15) is 0 Å². The fraction of sp³-hybridized carbons (Fsp3) is 0.417. The van der Waals surface area contributed by atoms with Gasteiger partial charge in [0, 0.05) is 13.1 Å². The van der Waals surface area contributed by atoms with Crippen molar-refractivity contribution in [1.82, 2.24) is 4.90 Å². The molecule has 1 atom stereocenters. The monoisotopic (exact) mass is 293 g/mol. The number of aliphatic hydroxyl groups is 1. The van der Waals surface area contributed by atoms with Crippen molar-refractivity contribution in [3.8, 4) is 0 Å². The van der Waals surface area contributed by atoms with Gasteiger partial charge in [0.25, 0.3) is 5.91 Å². The zero-order chi connectivity index (χ0) is 14.9. The van der Waals surface area contributed by atoms with Crippen LogP contribution in [0, 0.1) is 23.3 Å². The van der Waals surface area contributed by atoms with E-state index in [9.17, 15) is 22.4 Å². The molecule has 0 bridgehead atoms. The number of aliphatic hydroxyl groups excluding tert-OH is 1. The van der Waals surface area contributed by atoms with Gasteiger partial charge in [-0.3, -0.25) is 4.79 Å². The summed E-state index contributed by atoms with van der Waals surface area (Å²) < 4.78 is 57.6. The Morgan fingerprint density at radius 3 is 2.65 bits per heavy atom. The van der Waals surface area contributed by atoms with Crippen molar-refractivity contribution in [3.05, 3.63) is 34.9 Å². The van der Waals surface area contributed by atoms with Gasteiger partial charge in [-0.25, -0.2) is 17.6 Å². The molecule has 1 aliphatic heterocycles. The average Bonchev–Trinajstić information content (AvgIpc) is 2.48. The standard InChI is InChI=1S/C12H11F4NO3/c13-8-3-7(9(14)11(16)10(8)15)12(19)17-1-2-20-6(4-17)5-18/h3,6,18H,1-2,4-5H2. The number of hydrogen-bond donors (Lipinski definition) is 1. The number of rotatable bonds is 2. The molecule has 1 fully saturated rings. The molecule has 4 nitrogen and oxygen atoms in total. The Bertz CT molecular complexity index is 538. The molecule has 1 N–H and O–H groups in total. The van der Waals surface area contributed by atoms with Crippen molar-refractivity contribution in [2.45, 2.75) is 6.10 Å². The van der Waals surface area contributed by atoms with Gasteiger partial charge in [0.2, 0.25) is 0 Å². The highest BCUT2D eigenvalue weighted by molar-refractivity contribution is 5.94. The van der Waals surface area contributed by atoms with Crippen molar-refractivity contribution in [1.29, 1.82) is 0 Å². The van der Waals surface area contributed by atoms with Crippen LogP contribution in [0.5, 0.6) is 0 Å². The lowest BCUT2D eigenvalue weighted by molar-refractivity contribution is -0.0448. The van der Waals surface area contributed by atoms with E-state index in [0.29, 0.717) is 6.07 Å². The summed E-state index contributed by atoms with van der Waals surface area (Å²) in [5.74, 6) is -8.35. The van der Waals surface area contributed by atoms with Crippen molar-refractivity contribution in [2.75, 3.05) is 26.3 Å². The van der Waals surface area contributed by atoms with Crippen LogP contribution in [0.2, 0.25) is 0 Å². The zero-order valence-corrected chi connectivity index (χ0v) is 10.2. The lowest BCUT2D eigenvalue weighted by Gasteiger charge is -2.32. The van der Waals surface area contributed by atoms with Crippen LogP contribution in [0.4, 0.5) is 17.6 Å². The maximum absolute atomic E-state index is 13.5. The number of ether oxygens (including phenoxy) is 1. The van der Waals surface area contributed by atoms with Crippen LogP contribution in [-0.2, 0) is 4.74 Å². The Labute approximate surface area is 111 Å². The molecule has 1 heterocycles. The van der Waals surface area contributed by atoms with Crippen molar-refractivity contribution in [3.63, 3.8) is 0 Å². The van der Waals surface area contributed by atoms with Gasteiger partial charge >= 0.3 is 0 Å². The van der Waals surface area contributed by atoms with Crippen LogP contribution >= 0.6 is 0 Å². The largest absolute Gasteiger partial charge is 0.394 e. The number of morpholine rings is 1. The van der Waals surface area contributed by atoms with Gasteiger partial charge in [0.15, 0.2) is 23.3 Å². The van der Waals surface area contributed by atoms with Gasteiger partial charge in [-0.1, -0.05) is 0 Å². The second-order valence-corrected chi connectivity index (χ2v) is 4.27. The predicted molar refractivity (Wildman–Crippen MR) is 59.0 cm³/mol. The molecule has 0 aliphatic carbocycles. The number of amides is 1. The van der Waals surface area contributed by atoms with Crippen LogP contribution in [0.15, 0.2) is 6.07 Å². The lowest BCUT2D eigenvalue weighted by Crippen LogP contribution is -2.47. The smallest absolute Gasteiger partial charge is 0.257 e. The first kappa shape index (κ1) is 14.7. The molecule has 0 aromatic heterocycles. The van der Waals surface area contributed by atoms with E-state index in [1.54, 1.807) is 0 Å². The summed E-state index contributed by atoms with van der Waals surface area (Å²) in [6.45, 7) is -0.214. The van der Waals surface area contributed by atoms with Crippen LogP contribution in [0.25, 0.3) is 0 Å². The van der Waals surface area contributed by atoms with E-state index >= 15 is 0 Å². The van der Waals surface area contributed by atoms with E-state index in [1.807, 2.05) is 0 Å². The van der Waals surface area contributed by atoms with Crippen LogP contribution < -0.4 is 0 Å². The summed E-state index contributed by atoms with van der Waals surface area (Å²) in [6.07, 6.45) is -0.647. The highest BCUT2D eigenvalue weighted by Gasteiger charge is 2.29. The van der Waals surface area contributed by atoms with Gasteiger partial charge in [-0.15, -0.1) is 0 Å². The molecule has 1 saturated heterocycles. The van der Waals surface area contributed by atoms with Crippen LogP contribution in [0.3, 0.4) is 0 Å². The Morgan fingerprint density at radius 2 is 2.00 bits per heavy atom. The Balaban J connectivity index is 2.29. The normalized spacial score (nSPS) is 19.2. The zero-order valence-electron chi connectivity index (χ0n) is 10.2. The molecule has 1 aromatic rings. The van der Waals surface area contributed by atoms with Gasteiger partial charge in [-0.05, 0) is 6.07 Å². The minimum Gasteiger partial charge on any atom is -0.394 e. The molecule has 1 amide bonds. The summed E-state index contributed by atoms with van der Waals surface area (Å²) in [5, 5.41) is 8.93. The third-order valence-electron chi connectivity index (χ3n) is 2.96. The quantitative estimate of drug-likeness (QED) is 0.504. The Kier molecular flexibility index (Phi) is 4.24. The Hall–Kier alpha value is -1.67. The van der Waals surface area contributed by atoms with Crippen molar-refractivity contribution < 1.29 is 32.2 Å². The summed E-state index contributed by atoms with van der Waals surface area (Å²) in [4.78, 5) is 13.1. The molecule has 0 spiro atoms. The van der Waals surface area contributed by atoms with Crippen LogP contribution in [-0.4, -0.2) is 48.3 Å². The molecule has 1 aromatic carbocycles. The van der Waals surface area contributed by atoms with Gasteiger partial charge in [0.05, 0.1) is 24.9 Å². The van der Waals surface area contributed by atoms with Crippen LogP contribution in [0.1, 0.15) is 10.4 Å². The van der Waals surface area contributed by atoms with Gasteiger partial charge < -0.3 is 14.7 Å². The predicted octanol–water partition coefficient (Wildman–Crippen LogP) is 1.08. The highest BCUT2D eigenvalue weighted by Crippen LogP contribution is 2.21. The molecule has 1 aliphatic rings. The molecule has 0 radical (unpaired) electrons. The van der Waals surface area contributed by atoms with Crippen molar-refractivity contribution >= 4 is 5.91 Å². The molecular formula is C12H11F4NO3. The third-order valence-corrected chi connectivity index (χ3v) is 2.96. The van der Waals surface area contributed by atoms with E-state index in [0.717, 1.165) is 4.90 Å². The van der Waals surface area contributed by atoms with E-state index in [-0.39, 0.29) is 26.3 Å². The number of benzene rings is 1. The highest BCUT2D eigenvalue weighted by atomic mass is 19.2. The van der Waals surface area contributed by atoms with E-state index in [1.165, 1.54) is 0 Å². The average molecular weight is 293 g/mol. The maximum Gasteiger partial charge on any atom is 0.257 e. The fourth-order valence-electron chi connectivity index (χ4n) is 1.91. The molecule has 8 heteroatoms. The molecule has 110 valence electrons. The second kappa shape index (κ2) is 5.76. The first-order valence-corrected chi connectivity index (χ1v) is 5.80. The number of hydrogen-bond acceptors (Lipinski definition) is 3. The first-order chi connectivity index (χ1) is 9.45. The number of halogens is 4. The van der Waals surface area contributed by atoms with E-state index in [4.69, 9.17) is 9.84 Å².